The first kappa shape index (κ1) is 15.0. The number of halogens is 1. The van der Waals surface area contributed by atoms with Gasteiger partial charge in [0.25, 0.3) is 0 Å². The molecule has 3 heterocycles. The molecule has 2 aromatic heterocycles. The average molecular weight is 325 g/mol. The van der Waals surface area contributed by atoms with Gasteiger partial charge in [-0.25, -0.2) is 9.97 Å². The number of thiophene rings is 1. The van der Waals surface area contributed by atoms with Gasteiger partial charge in [0.15, 0.2) is 0 Å². The largest absolute Gasteiger partial charge is 0.353 e. The van der Waals surface area contributed by atoms with Crippen LogP contribution in [0.4, 0.5) is 5.82 Å². The van der Waals surface area contributed by atoms with Crippen LogP contribution in [0.15, 0.2) is 6.33 Å². The second kappa shape index (κ2) is 6.07. The fourth-order valence-corrected chi connectivity index (χ4v) is 4.56. The topological polar surface area (TPSA) is 32.3 Å². The van der Waals surface area contributed by atoms with Crippen LogP contribution >= 0.6 is 23.7 Å². The smallest absolute Gasteiger partial charge is 0.141 e. The number of hydrogen-bond acceptors (Lipinski definition) is 5. The Morgan fingerprint density at radius 1 is 1.05 bits per heavy atom. The monoisotopic (exact) mass is 324 g/mol. The number of hydrogen-bond donors (Lipinski definition) is 0. The predicted molar refractivity (Wildman–Crippen MR) is 91.0 cm³/mol. The van der Waals surface area contributed by atoms with Crippen molar-refractivity contribution in [1.29, 1.82) is 0 Å². The molecular formula is C15H21ClN4S. The van der Waals surface area contributed by atoms with Gasteiger partial charge in [-0.15, -0.1) is 23.7 Å². The molecule has 4 rings (SSSR count). The second-order valence-electron chi connectivity index (χ2n) is 5.88. The van der Waals surface area contributed by atoms with Gasteiger partial charge in [0.2, 0.25) is 0 Å². The van der Waals surface area contributed by atoms with Crippen molar-refractivity contribution >= 4 is 39.8 Å². The number of nitrogens with zero attached hydrogens (tertiary/aromatic N) is 4. The SMILES string of the molecule is CN1CCN(c2ncnc3sc4c(c23)CCCC4)CC1.Cl. The lowest BCUT2D eigenvalue weighted by molar-refractivity contribution is 0.312. The van der Waals surface area contributed by atoms with Crippen molar-refractivity contribution in [1.82, 2.24) is 14.9 Å². The zero-order valence-electron chi connectivity index (χ0n) is 12.3. The number of anilines is 1. The molecule has 0 unspecified atom stereocenters. The van der Waals surface area contributed by atoms with Crippen molar-refractivity contribution in [3.63, 3.8) is 0 Å². The molecule has 4 nitrogen and oxygen atoms in total. The quantitative estimate of drug-likeness (QED) is 0.807. The fraction of sp³-hybridized carbons (Fsp3) is 0.600. The number of likely N-dealkylation sites (N-methyl/N-ethyl adjacent to an activating group) is 1. The summed E-state index contributed by atoms with van der Waals surface area (Å²) in [7, 11) is 2.19. The van der Waals surface area contributed by atoms with E-state index in [1.807, 2.05) is 11.3 Å². The summed E-state index contributed by atoms with van der Waals surface area (Å²) in [5, 5.41) is 1.36. The molecule has 114 valence electrons. The van der Waals surface area contributed by atoms with Gasteiger partial charge in [-0.2, -0.15) is 0 Å². The molecule has 0 N–H and O–H groups in total. The molecule has 1 saturated heterocycles. The molecule has 0 spiro atoms. The molecular weight excluding hydrogens is 304 g/mol. The Balaban J connectivity index is 0.00000132. The number of fused-ring (bicyclic) bond motifs is 3. The third-order valence-corrected chi connectivity index (χ3v) is 5.73. The molecule has 2 aromatic rings. The minimum Gasteiger partial charge on any atom is -0.353 e. The minimum atomic E-state index is 0. The van der Waals surface area contributed by atoms with Crippen LogP contribution in [0.2, 0.25) is 0 Å². The van der Waals surface area contributed by atoms with Gasteiger partial charge in [0.05, 0.1) is 5.39 Å². The summed E-state index contributed by atoms with van der Waals surface area (Å²) < 4.78 is 0. The third kappa shape index (κ3) is 2.62. The maximum absolute atomic E-state index is 4.64. The van der Waals surface area contributed by atoms with Gasteiger partial charge in [0, 0.05) is 31.1 Å². The lowest BCUT2D eigenvalue weighted by Crippen LogP contribution is -2.44. The highest BCUT2D eigenvalue weighted by molar-refractivity contribution is 7.19. The van der Waals surface area contributed by atoms with Crippen LogP contribution in [0.1, 0.15) is 23.3 Å². The zero-order chi connectivity index (χ0) is 13.5. The number of piperazine rings is 1. The molecule has 6 heteroatoms. The van der Waals surface area contributed by atoms with E-state index in [0.717, 1.165) is 26.2 Å². The molecule has 0 saturated carbocycles. The lowest BCUT2D eigenvalue weighted by Gasteiger charge is -2.33. The van der Waals surface area contributed by atoms with E-state index < -0.39 is 0 Å². The lowest BCUT2D eigenvalue weighted by atomic mass is 9.97. The molecule has 1 aliphatic heterocycles. The van der Waals surface area contributed by atoms with Crippen molar-refractivity contribution < 1.29 is 0 Å². The first-order chi connectivity index (χ1) is 9.83. The van der Waals surface area contributed by atoms with E-state index >= 15 is 0 Å². The summed E-state index contributed by atoms with van der Waals surface area (Å²) in [6, 6.07) is 0. The van der Waals surface area contributed by atoms with E-state index in [1.165, 1.54) is 41.7 Å². The van der Waals surface area contributed by atoms with Crippen molar-refractivity contribution in [2.75, 3.05) is 38.1 Å². The molecule has 0 bridgehead atoms. The van der Waals surface area contributed by atoms with Gasteiger partial charge in [-0.3, -0.25) is 0 Å². The summed E-state index contributed by atoms with van der Waals surface area (Å²) in [5.74, 6) is 1.18. The van der Waals surface area contributed by atoms with Crippen molar-refractivity contribution in [2.24, 2.45) is 0 Å². The van der Waals surface area contributed by atoms with Crippen molar-refractivity contribution in [3.05, 3.63) is 16.8 Å². The minimum absolute atomic E-state index is 0. The molecule has 21 heavy (non-hydrogen) atoms. The Kier molecular flexibility index (Phi) is 4.33. The van der Waals surface area contributed by atoms with E-state index in [-0.39, 0.29) is 12.4 Å². The molecule has 0 aromatic carbocycles. The maximum atomic E-state index is 4.64. The Morgan fingerprint density at radius 2 is 1.81 bits per heavy atom. The second-order valence-corrected chi connectivity index (χ2v) is 6.96. The van der Waals surface area contributed by atoms with Gasteiger partial charge in [-0.1, -0.05) is 0 Å². The van der Waals surface area contributed by atoms with Gasteiger partial charge >= 0.3 is 0 Å². The summed E-state index contributed by atoms with van der Waals surface area (Å²) in [6.07, 6.45) is 6.84. The van der Waals surface area contributed by atoms with E-state index in [4.69, 9.17) is 0 Å². The van der Waals surface area contributed by atoms with Gasteiger partial charge in [0.1, 0.15) is 17.0 Å². The van der Waals surface area contributed by atoms with E-state index in [9.17, 15) is 0 Å². The van der Waals surface area contributed by atoms with Crippen LogP contribution in [0.3, 0.4) is 0 Å². The number of rotatable bonds is 1. The Bertz CT molecular complexity index is 634. The van der Waals surface area contributed by atoms with Crippen LogP contribution < -0.4 is 4.90 Å². The summed E-state index contributed by atoms with van der Waals surface area (Å²) in [5.41, 5.74) is 1.55. The highest BCUT2D eigenvalue weighted by Crippen LogP contribution is 2.39. The molecule has 0 atom stereocenters. The standard InChI is InChI=1S/C15H20N4S.ClH/c1-18-6-8-19(9-7-18)14-13-11-4-2-3-5-12(11)20-15(13)17-10-16-14;/h10H,2-9H2,1H3;1H. The van der Waals surface area contributed by atoms with Gasteiger partial charge in [-0.05, 0) is 38.3 Å². The number of aryl methyl sites for hydroxylation is 2. The Labute approximate surface area is 135 Å². The van der Waals surface area contributed by atoms with E-state index in [1.54, 1.807) is 16.8 Å². The first-order valence-electron chi connectivity index (χ1n) is 7.51. The van der Waals surface area contributed by atoms with Crippen molar-refractivity contribution in [2.45, 2.75) is 25.7 Å². The molecule has 1 fully saturated rings. The van der Waals surface area contributed by atoms with Crippen LogP contribution in [0.25, 0.3) is 10.2 Å². The predicted octanol–water partition coefficient (Wildman–Crippen LogP) is 2.74. The zero-order valence-corrected chi connectivity index (χ0v) is 14.0. The number of aromatic nitrogens is 2. The van der Waals surface area contributed by atoms with E-state index in [2.05, 4.69) is 26.8 Å². The van der Waals surface area contributed by atoms with E-state index in [0.29, 0.717) is 0 Å². The molecule has 0 amide bonds. The van der Waals surface area contributed by atoms with Crippen LogP contribution in [0, 0.1) is 0 Å². The third-order valence-electron chi connectivity index (χ3n) is 4.53. The maximum Gasteiger partial charge on any atom is 0.141 e. The molecule has 2 aliphatic rings. The molecule has 0 radical (unpaired) electrons. The summed E-state index contributed by atoms with van der Waals surface area (Å²) >= 11 is 1.89. The summed E-state index contributed by atoms with van der Waals surface area (Å²) in [6.45, 7) is 4.40. The summed E-state index contributed by atoms with van der Waals surface area (Å²) in [4.78, 5) is 16.8. The van der Waals surface area contributed by atoms with Crippen LogP contribution in [-0.4, -0.2) is 48.1 Å². The highest BCUT2D eigenvalue weighted by atomic mass is 35.5. The van der Waals surface area contributed by atoms with Crippen molar-refractivity contribution in [3.8, 4) is 0 Å². The average Bonchev–Trinajstić information content (AvgIpc) is 2.86. The Hall–Kier alpha value is -0.910. The van der Waals surface area contributed by atoms with Crippen LogP contribution in [0.5, 0.6) is 0 Å². The normalized spacial score (nSPS) is 19.4. The van der Waals surface area contributed by atoms with Gasteiger partial charge < -0.3 is 9.80 Å². The fourth-order valence-electron chi connectivity index (χ4n) is 3.33. The van der Waals surface area contributed by atoms with Crippen LogP contribution in [-0.2, 0) is 12.8 Å². The Morgan fingerprint density at radius 3 is 2.62 bits per heavy atom. The highest BCUT2D eigenvalue weighted by Gasteiger charge is 2.23. The molecule has 1 aliphatic carbocycles. The first-order valence-corrected chi connectivity index (χ1v) is 8.33.